The lowest BCUT2D eigenvalue weighted by molar-refractivity contribution is 0.0931. The molecule has 3 heterocycles. The highest BCUT2D eigenvalue weighted by atomic mass is 16.3. The van der Waals surface area contributed by atoms with E-state index in [1.807, 2.05) is 49.4 Å². The monoisotopic (exact) mass is 509 g/mol. The van der Waals surface area contributed by atoms with Crippen molar-refractivity contribution in [2.75, 3.05) is 0 Å². The van der Waals surface area contributed by atoms with Gasteiger partial charge in [-0.15, -0.1) is 0 Å². The lowest BCUT2D eigenvalue weighted by atomic mass is 10.0. The molecule has 0 aliphatic heterocycles. The number of aromatic amines is 2. The number of carbonyl (C=O) groups is 2. The summed E-state index contributed by atoms with van der Waals surface area (Å²) in [5.74, 6) is 0.491. The van der Waals surface area contributed by atoms with E-state index >= 15 is 0 Å². The zero-order valence-corrected chi connectivity index (χ0v) is 20.4. The molecule has 2 amide bonds. The van der Waals surface area contributed by atoms with Crippen molar-refractivity contribution in [3.63, 3.8) is 0 Å². The van der Waals surface area contributed by atoms with Crippen molar-refractivity contribution in [1.82, 2.24) is 35.8 Å². The number of hydrogen-bond donors (Lipinski definition) is 4. The number of furan rings is 1. The minimum atomic E-state index is -0.410. The van der Waals surface area contributed by atoms with Crippen molar-refractivity contribution in [2.24, 2.45) is 0 Å². The summed E-state index contributed by atoms with van der Waals surface area (Å²) in [5, 5.41) is 13.2. The summed E-state index contributed by atoms with van der Waals surface area (Å²) in [6.45, 7) is 2.17. The number of nitrogens with one attached hydrogen (secondary N) is 4. The molecule has 0 saturated heterocycles. The van der Waals surface area contributed by atoms with Crippen molar-refractivity contribution in [2.45, 2.75) is 32.4 Å². The van der Waals surface area contributed by atoms with E-state index in [4.69, 9.17) is 4.42 Å². The fourth-order valence-corrected chi connectivity index (χ4v) is 4.75. The molecule has 0 saturated carbocycles. The molecule has 5 aromatic rings. The van der Waals surface area contributed by atoms with E-state index in [-0.39, 0.29) is 29.7 Å². The average Bonchev–Trinajstić information content (AvgIpc) is 3.64. The van der Waals surface area contributed by atoms with Crippen LogP contribution in [0.4, 0.5) is 0 Å². The van der Waals surface area contributed by atoms with Crippen LogP contribution in [0, 0.1) is 6.92 Å². The lowest BCUT2D eigenvalue weighted by Gasteiger charge is -2.14. The predicted octanol–water partition coefficient (Wildman–Crippen LogP) is 2.96. The van der Waals surface area contributed by atoms with Crippen molar-refractivity contribution >= 4 is 22.8 Å². The van der Waals surface area contributed by atoms with Gasteiger partial charge < -0.3 is 15.1 Å². The number of aromatic nitrogens is 5. The molecule has 0 spiro atoms. The molecule has 1 atom stereocenters. The number of benzene rings is 2. The van der Waals surface area contributed by atoms with Gasteiger partial charge in [-0.05, 0) is 54.7 Å². The Hall–Kier alpha value is -5.06. The Kier molecular flexibility index (Phi) is 5.79. The summed E-state index contributed by atoms with van der Waals surface area (Å²) in [7, 11) is 0. The molecule has 38 heavy (non-hydrogen) atoms. The molecule has 0 unspecified atom stereocenters. The smallest absolute Gasteiger partial charge is 0.340 e. The highest BCUT2D eigenvalue weighted by Gasteiger charge is 2.26. The summed E-state index contributed by atoms with van der Waals surface area (Å²) in [6, 6.07) is 14.6. The van der Waals surface area contributed by atoms with Gasteiger partial charge in [-0.3, -0.25) is 14.6 Å². The van der Waals surface area contributed by atoms with Gasteiger partial charge in [-0.2, -0.15) is 5.10 Å². The number of hydrogen-bond acceptors (Lipinski definition) is 7. The van der Waals surface area contributed by atoms with Crippen LogP contribution in [0.1, 0.15) is 55.9 Å². The number of nitrogens with zero attached hydrogens (tertiary/aromatic N) is 3. The first-order valence-corrected chi connectivity index (χ1v) is 12.1. The van der Waals surface area contributed by atoms with Crippen molar-refractivity contribution < 1.29 is 14.0 Å². The molecule has 2 aromatic carbocycles. The molecule has 1 aliphatic rings. The standard InChI is InChI=1S/C27H23N7O4/c1-14-8-17-3-2-15(9-23(17)38-14)12-28-25(35)21-11-22(30-13-29-21)26(36)31-20-7-5-16-10-18(4-6-19(16)20)24-32-27(37)34-33-24/h2-4,6,8-11,13,20H,5,7,12H2,1H3,(H,28,35)(H,31,36)(H2,32,33,34,37)/t20-/m1/s1. The van der Waals surface area contributed by atoms with Crippen LogP contribution in [0.15, 0.2) is 64.1 Å². The molecular formula is C27H23N7O4. The molecule has 11 heteroatoms. The lowest BCUT2D eigenvalue weighted by Crippen LogP contribution is -2.29. The summed E-state index contributed by atoms with van der Waals surface area (Å²) in [6.07, 6.45) is 2.70. The molecule has 11 nitrogen and oxygen atoms in total. The maximum Gasteiger partial charge on any atom is 0.340 e. The number of fused-ring (bicyclic) bond motifs is 2. The van der Waals surface area contributed by atoms with Gasteiger partial charge >= 0.3 is 5.69 Å². The maximum atomic E-state index is 13.0. The third kappa shape index (κ3) is 4.57. The fourth-order valence-electron chi connectivity index (χ4n) is 4.75. The van der Waals surface area contributed by atoms with Crippen LogP contribution >= 0.6 is 0 Å². The Morgan fingerprint density at radius 2 is 1.89 bits per heavy atom. The Labute approximate surface area is 215 Å². The van der Waals surface area contributed by atoms with Gasteiger partial charge in [0.15, 0.2) is 5.82 Å². The number of rotatable bonds is 6. The highest BCUT2D eigenvalue weighted by molar-refractivity contribution is 5.97. The number of aryl methyl sites for hydroxylation is 2. The van der Waals surface area contributed by atoms with E-state index in [2.05, 4.69) is 35.8 Å². The Morgan fingerprint density at radius 3 is 2.71 bits per heavy atom. The zero-order chi connectivity index (χ0) is 26.2. The van der Waals surface area contributed by atoms with Crippen LogP contribution in [-0.2, 0) is 13.0 Å². The normalized spacial score (nSPS) is 14.4. The first-order chi connectivity index (χ1) is 18.4. The summed E-state index contributed by atoms with van der Waals surface area (Å²) in [5.41, 5.74) is 4.35. The Bertz CT molecular complexity index is 1750. The van der Waals surface area contributed by atoms with Crippen molar-refractivity contribution in [1.29, 1.82) is 0 Å². The van der Waals surface area contributed by atoms with Gasteiger partial charge in [0, 0.05) is 23.6 Å². The van der Waals surface area contributed by atoms with Crippen LogP contribution < -0.4 is 16.3 Å². The predicted molar refractivity (Wildman–Crippen MR) is 137 cm³/mol. The molecule has 6 rings (SSSR count). The fraction of sp³-hybridized carbons (Fsp3) is 0.185. The molecule has 0 bridgehead atoms. The second-order valence-corrected chi connectivity index (χ2v) is 9.21. The first kappa shape index (κ1) is 23.3. The molecule has 4 N–H and O–H groups in total. The van der Waals surface area contributed by atoms with Crippen molar-refractivity contribution in [3.8, 4) is 11.4 Å². The largest absolute Gasteiger partial charge is 0.461 e. The zero-order valence-electron chi connectivity index (χ0n) is 20.4. The van der Waals surface area contributed by atoms with E-state index in [0.717, 1.165) is 51.8 Å². The van der Waals surface area contributed by atoms with Crippen LogP contribution in [0.25, 0.3) is 22.4 Å². The third-order valence-corrected chi connectivity index (χ3v) is 6.59. The SMILES string of the molecule is Cc1cc2ccc(CNC(=O)c3cc(C(=O)N[C@@H]4CCc5cc(-c6n[nH]c(=O)[nH]6)ccc54)ncn3)cc2o1. The second-order valence-electron chi connectivity index (χ2n) is 9.21. The van der Waals surface area contributed by atoms with E-state index in [9.17, 15) is 14.4 Å². The van der Waals surface area contributed by atoms with Gasteiger partial charge in [-0.1, -0.05) is 24.3 Å². The van der Waals surface area contributed by atoms with Crippen LogP contribution in [0.5, 0.6) is 0 Å². The van der Waals surface area contributed by atoms with Crippen LogP contribution in [0.2, 0.25) is 0 Å². The average molecular weight is 510 g/mol. The quantitative estimate of drug-likeness (QED) is 0.274. The summed E-state index contributed by atoms with van der Waals surface area (Å²) >= 11 is 0. The molecule has 0 radical (unpaired) electrons. The topological polar surface area (TPSA) is 159 Å². The molecular weight excluding hydrogens is 486 g/mol. The Morgan fingerprint density at radius 1 is 1.05 bits per heavy atom. The maximum absolute atomic E-state index is 13.0. The minimum absolute atomic E-state index is 0.101. The van der Waals surface area contributed by atoms with Gasteiger partial charge in [-0.25, -0.2) is 19.9 Å². The number of H-pyrrole nitrogens is 2. The number of carbonyl (C=O) groups excluding carboxylic acids is 2. The van der Waals surface area contributed by atoms with Crippen molar-refractivity contribution in [3.05, 3.63) is 99.2 Å². The number of amides is 2. The van der Waals surface area contributed by atoms with Gasteiger partial charge in [0.1, 0.15) is 29.1 Å². The first-order valence-electron chi connectivity index (χ1n) is 12.1. The Balaban J connectivity index is 1.11. The highest BCUT2D eigenvalue weighted by Crippen LogP contribution is 2.33. The van der Waals surface area contributed by atoms with E-state index in [1.54, 1.807) is 0 Å². The molecule has 3 aromatic heterocycles. The minimum Gasteiger partial charge on any atom is -0.461 e. The van der Waals surface area contributed by atoms with E-state index < -0.39 is 11.8 Å². The van der Waals surface area contributed by atoms with Crippen LogP contribution in [0.3, 0.4) is 0 Å². The van der Waals surface area contributed by atoms with E-state index in [1.165, 1.54) is 12.4 Å². The summed E-state index contributed by atoms with van der Waals surface area (Å²) in [4.78, 5) is 47.8. The van der Waals surface area contributed by atoms with Crippen LogP contribution in [-0.4, -0.2) is 37.0 Å². The van der Waals surface area contributed by atoms with Gasteiger partial charge in [0.05, 0.1) is 6.04 Å². The summed E-state index contributed by atoms with van der Waals surface area (Å²) < 4.78 is 5.65. The van der Waals surface area contributed by atoms with Gasteiger partial charge in [0.25, 0.3) is 11.8 Å². The van der Waals surface area contributed by atoms with E-state index in [0.29, 0.717) is 5.82 Å². The second kappa shape index (κ2) is 9.43. The van der Waals surface area contributed by atoms with Gasteiger partial charge in [0.2, 0.25) is 0 Å². The molecule has 1 aliphatic carbocycles. The third-order valence-electron chi connectivity index (χ3n) is 6.59. The molecule has 0 fully saturated rings. The molecule has 190 valence electrons.